The highest BCUT2D eigenvalue weighted by molar-refractivity contribution is 5.70. The number of esters is 1. The molecule has 1 aliphatic rings. The number of methoxy groups -OCH3 is 1. The molecule has 3 nitrogen and oxygen atoms in total. The second-order valence-electron chi connectivity index (χ2n) is 6.30. The Morgan fingerprint density at radius 1 is 1.41 bits per heavy atom. The van der Waals surface area contributed by atoms with Crippen molar-refractivity contribution < 1.29 is 9.53 Å². The molecule has 3 atom stereocenters. The summed E-state index contributed by atoms with van der Waals surface area (Å²) >= 11 is 0. The van der Waals surface area contributed by atoms with Gasteiger partial charge in [-0.05, 0) is 42.1 Å². The number of carbonyl (C=O) groups is 1. The quantitative estimate of drug-likeness (QED) is 0.773. The van der Waals surface area contributed by atoms with Gasteiger partial charge in [-0.2, -0.15) is 0 Å². The lowest BCUT2D eigenvalue weighted by molar-refractivity contribution is -0.147. The molecular weight excluding hydrogens is 214 g/mol. The molecule has 3 heteroatoms. The van der Waals surface area contributed by atoms with Crippen LogP contribution in [-0.4, -0.2) is 19.6 Å². The molecule has 1 aliphatic carbocycles. The van der Waals surface area contributed by atoms with Crippen LogP contribution in [0, 0.1) is 22.7 Å². The van der Waals surface area contributed by atoms with Gasteiger partial charge in [-0.3, -0.25) is 4.79 Å². The van der Waals surface area contributed by atoms with Crippen LogP contribution >= 0.6 is 0 Å². The molecule has 2 N–H and O–H groups in total. The standard InChI is InChI=1S/C14H27NO2/c1-10-6-7-14(9-15,8-12(16)17-5)11(2)13(10,3)4/h10-11H,6-9,15H2,1-5H3. The summed E-state index contributed by atoms with van der Waals surface area (Å²) in [7, 11) is 1.45. The van der Waals surface area contributed by atoms with Crippen LogP contribution in [0.25, 0.3) is 0 Å². The molecule has 0 aromatic rings. The highest BCUT2D eigenvalue weighted by atomic mass is 16.5. The van der Waals surface area contributed by atoms with Crippen LogP contribution in [0.15, 0.2) is 0 Å². The second kappa shape index (κ2) is 4.97. The first-order valence-corrected chi connectivity index (χ1v) is 6.57. The summed E-state index contributed by atoms with van der Waals surface area (Å²) < 4.78 is 4.83. The van der Waals surface area contributed by atoms with Crippen molar-refractivity contribution in [2.45, 2.75) is 47.0 Å². The molecule has 100 valence electrons. The number of ether oxygens (including phenoxy) is 1. The minimum atomic E-state index is -0.132. The number of hydrogen-bond acceptors (Lipinski definition) is 3. The molecule has 1 fully saturated rings. The molecule has 1 saturated carbocycles. The lowest BCUT2D eigenvalue weighted by Crippen LogP contribution is -2.51. The van der Waals surface area contributed by atoms with Crippen LogP contribution in [-0.2, 0) is 9.53 Å². The normalized spacial score (nSPS) is 36.6. The summed E-state index contributed by atoms with van der Waals surface area (Å²) in [6.45, 7) is 9.70. The van der Waals surface area contributed by atoms with Crippen molar-refractivity contribution >= 4 is 5.97 Å². The van der Waals surface area contributed by atoms with Gasteiger partial charge in [0.15, 0.2) is 0 Å². The van der Waals surface area contributed by atoms with Gasteiger partial charge in [0.2, 0.25) is 0 Å². The predicted octanol–water partition coefficient (Wildman–Crippen LogP) is 2.59. The summed E-state index contributed by atoms with van der Waals surface area (Å²) in [4.78, 5) is 11.6. The van der Waals surface area contributed by atoms with Gasteiger partial charge in [-0.1, -0.05) is 27.7 Å². The van der Waals surface area contributed by atoms with Crippen LogP contribution < -0.4 is 5.73 Å². The first-order chi connectivity index (χ1) is 7.80. The zero-order valence-electron chi connectivity index (χ0n) is 11.9. The van der Waals surface area contributed by atoms with Crippen molar-refractivity contribution in [2.24, 2.45) is 28.4 Å². The predicted molar refractivity (Wildman–Crippen MR) is 69.5 cm³/mol. The zero-order valence-corrected chi connectivity index (χ0v) is 11.9. The maximum atomic E-state index is 11.6. The molecule has 1 rings (SSSR count). The number of rotatable bonds is 3. The Morgan fingerprint density at radius 2 is 2.00 bits per heavy atom. The molecule has 0 aromatic heterocycles. The van der Waals surface area contributed by atoms with Crippen molar-refractivity contribution in [3.63, 3.8) is 0 Å². The third-order valence-electron chi connectivity index (χ3n) is 5.51. The molecule has 0 heterocycles. The Balaban J connectivity index is 2.96. The minimum Gasteiger partial charge on any atom is -0.469 e. The van der Waals surface area contributed by atoms with Crippen molar-refractivity contribution in [3.8, 4) is 0 Å². The van der Waals surface area contributed by atoms with Crippen molar-refractivity contribution in [1.29, 1.82) is 0 Å². The Bertz CT molecular complexity index is 288. The fraction of sp³-hybridized carbons (Fsp3) is 0.929. The second-order valence-corrected chi connectivity index (χ2v) is 6.30. The third-order valence-corrected chi connectivity index (χ3v) is 5.51. The molecule has 0 aliphatic heterocycles. The van der Waals surface area contributed by atoms with Gasteiger partial charge in [0.05, 0.1) is 13.5 Å². The van der Waals surface area contributed by atoms with E-state index in [1.165, 1.54) is 7.11 Å². The summed E-state index contributed by atoms with van der Waals surface area (Å²) in [5.41, 5.74) is 6.14. The first kappa shape index (κ1) is 14.5. The molecule has 0 saturated heterocycles. The molecule has 17 heavy (non-hydrogen) atoms. The van der Waals surface area contributed by atoms with E-state index in [1.54, 1.807) is 0 Å². The number of nitrogens with two attached hydrogens (primary N) is 1. The van der Waals surface area contributed by atoms with Gasteiger partial charge < -0.3 is 10.5 Å². The van der Waals surface area contributed by atoms with Crippen LogP contribution in [0.5, 0.6) is 0 Å². The van der Waals surface area contributed by atoms with Crippen molar-refractivity contribution in [2.75, 3.05) is 13.7 Å². The molecular formula is C14H27NO2. The minimum absolute atomic E-state index is 0.0803. The molecule has 0 radical (unpaired) electrons. The average Bonchev–Trinajstić information content (AvgIpc) is 2.31. The molecule has 0 amide bonds. The van der Waals surface area contributed by atoms with E-state index >= 15 is 0 Å². The molecule has 0 spiro atoms. The maximum absolute atomic E-state index is 11.6. The Kier molecular flexibility index (Phi) is 4.23. The van der Waals surface area contributed by atoms with Gasteiger partial charge in [-0.15, -0.1) is 0 Å². The Hall–Kier alpha value is -0.570. The summed E-state index contributed by atoms with van der Waals surface area (Å²) in [5, 5.41) is 0. The maximum Gasteiger partial charge on any atom is 0.306 e. The van der Waals surface area contributed by atoms with E-state index in [-0.39, 0.29) is 16.8 Å². The highest BCUT2D eigenvalue weighted by Crippen LogP contribution is 2.54. The van der Waals surface area contributed by atoms with E-state index in [4.69, 9.17) is 10.5 Å². The number of hydrogen-bond donors (Lipinski definition) is 1. The average molecular weight is 241 g/mol. The highest BCUT2D eigenvalue weighted by Gasteiger charge is 2.50. The van der Waals surface area contributed by atoms with E-state index in [2.05, 4.69) is 27.7 Å². The Morgan fingerprint density at radius 3 is 2.47 bits per heavy atom. The van der Waals surface area contributed by atoms with E-state index in [0.717, 1.165) is 12.8 Å². The zero-order chi connectivity index (χ0) is 13.3. The fourth-order valence-electron chi connectivity index (χ4n) is 3.26. The number of carbonyl (C=O) groups excluding carboxylic acids is 1. The van der Waals surface area contributed by atoms with Gasteiger partial charge >= 0.3 is 5.97 Å². The molecule has 0 aromatic carbocycles. The summed E-state index contributed by atoms with van der Waals surface area (Å²) in [6, 6.07) is 0. The van der Waals surface area contributed by atoms with E-state index in [9.17, 15) is 4.79 Å². The van der Waals surface area contributed by atoms with Crippen LogP contribution in [0.4, 0.5) is 0 Å². The Labute approximate surface area is 105 Å². The van der Waals surface area contributed by atoms with Gasteiger partial charge in [0, 0.05) is 0 Å². The third kappa shape index (κ3) is 2.49. The van der Waals surface area contributed by atoms with Crippen molar-refractivity contribution in [1.82, 2.24) is 0 Å². The van der Waals surface area contributed by atoms with Crippen molar-refractivity contribution in [3.05, 3.63) is 0 Å². The van der Waals surface area contributed by atoms with Gasteiger partial charge in [-0.25, -0.2) is 0 Å². The van der Waals surface area contributed by atoms with E-state index in [1.807, 2.05) is 0 Å². The van der Waals surface area contributed by atoms with E-state index < -0.39 is 0 Å². The van der Waals surface area contributed by atoms with Crippen LogP contribution in [0.3, 0.4) is 0 Å². The monoisotopic (exact) mass is 241 g/mol. The van der Waals surface area contributed by atoms with Gasteiger partial charge in [0.25, 0.3) is 0 Å². The fourth-order valence-corrected chi connectivity index (χ4v) is 3.26. The molecule has 0 bridgehead atoms. The first-order valence-electron chi connectivity index (χ1n) is 6.57. The lowest BCUT2D eigenvalue weighted by atomic mass is 9.52. The van der Waals surface area contributed by atoms with Gasteiger partial charge in [0.1, 0.15) is 0 Å². The SMILES string of the molecule is COC(=O)CC1(CN)CCC(C)C(C)(C)C1C. The summed E-state index contributed by atoms with van der Waals surface area (Å²) in [6.07, 6.45) is 2.63. The largest absolute Gasteiger partial charge is 0.469 e. The smallest absolute Gasteiger partial charge is 0.306 e. The van der Waals surface area contributed by atoms with E-state index in [0.29, 0.717) is 24.8 Å². The topological polar surface area (TPSA) is 52.3 Å². The molecule has 3 unspecified atom stereocenters. The van der Waals surface area contributed by atoms with Crippen LogP contribution in [0.2, 0.25) is 0 Å². The lowest BCUT2D eigenvalue weighted by Gasteiger charge is -2.53. The van der Waals surface area contributed by atoms with Crippen LogP contribution in [0.1, 0.15) is 47.0 Å². The summed E-state index contributed by atoms with van der Waals surface area (Å²) in [5.74, 6) is 0.977.